The van der Waals surface area contributed by atoms with Crippen LogP contribution >= 0.6 is 0 Å². The molecule has 1 spiro atoms. The highest BCUT2D eigenvalue weighted by Gasteiger charge is 2.75. The van der Waals surface area contributed by atoms with Crippen molar-refractivity contribution in [2.24, 2.45) is 17.8 Å². The Labute approximate surface area is 218 Å². The van der Waals surface area contributed by atoms with Gasteiger partial charge in [0, 0.05) is 13.1 Å². The number of amides is 2. The SMILES string of the molecule is C=CCOC(=O)[C@@H]1[C@@H]2CCC3(O2)C(C(=O)N(CC=C)Cc2ccccc2)N([C@@H](CO)CC(C)C)C(=O)[C@H]13. The monoisotopic (exact) mass is 510 g/mol. The first kappa shape index (κ1) is 27.1. The van der Waals surface area contributed by atoms with E-state index in [9.17, 15) is 19.5 Å². The van der Waals surface area contributed by atoms with Crippen molar-refractivity contribution >= 4 is 17.8 Å². The molecule has 3 aliphatic rings. The Bertz CT molecular complexity index is 1030. The summed E-state index contributed by atoms with van der Waals surface area (Å²) in [5.74, 6) is -2.53. The van der Waals surface area contributed by atoms with Crippen LogP contribution in [0.15, 0.2) is 55.6 Å². The molecule has 2 bridgehead atoms. The number of ether oxygens (including phenoxy) is 2. The molecule has 1 aromatic carbocycles. The molecule has 1 aromatic rings. The summed E-state index contributed by atoms with van der Waals surface area (Å²) < 4.78 is 11.8. The highest BCUT2D eigenvalue weighted by atomic mass is 16.6. The van der Waals surface area contributed by atoms with E-state index in [1.54, 1.807) is 11.0 Å². The van der Waals surface area contributed by atoms with E-state index in [-0.39, 0.29) is 37.5 Å². The molecule has 200 valence electrons. The smallest absolute Gasteiger partial charge is 0.312 e. The average Bonchev–Trinajstić information content (AvgIpc) is 3.53. The fourth-order valence-electron chi connectivity index (χ4n) is 6.45. The van der Waals surface area contributed by atoms with Gasteiger partial charge in [-0.15, -0.1) is 6.58 Å². The minimum Gasteiger partial charge on any atom is -0.461 e. The van der Waals surface area contributed by atoms with Crippen LogP contribution in [0.2, 0.25) is 0 Å². The van der Waals surface area contributed by atoms with Crippen LogP contribution in [0.25, 0.3) is 0 Å². The maximum absolute atomic E-state index is 14.4. The fraction of sp³-hybridized carbons (Fsp3) is 0.552. The molecule has 0 aromatic heterocycles. The second-order valence-electron chi connectivity index (χ2n) is 10.7. The third-order valence-corrected chi connectivity index (χ3v) is 7.81. The molecule has 0 aliphatic carbocycles. The van der Waals surface area contributed by atoms with Crippen LogP contribution in [-0.2, 0) is 30.4 Å². The van der Waals surface area contributed by atoms with Gasteiger partial charge < -0.3 is 24.4 Å². The zero-order valence-electron chi connectivity index (χ0n) is 21.8. The average molecular weight is 511 g/mol. The van der Waals surface area contributed by atoms with Crippen LogP contribution in [0.5, 0.6) is 0 Å². The van der Waals surface area contributed by atoms with Crippen LogP contribution in [0.1, 0.15) is 38.7 Å². The van der Waals surface area contributed by atoms with Crippen LogP contribution in [0.4, 0.5) is 0 Å². The molecule has 1 N–H and O–H groups in total. The highest BCUT2D eigenvalue weighted by Crippen LogP contribution is 2.59. The number of benzene rings is 1. The van der Waals surface area contributed by atoms with E-state index in [1.165, 1.54) is 11.0 Å². The number of carbonyl (C=O) groups excluding carboxylic acids is 3. The molecule has 3 heterocycles. The van der Waals surface area contributed by atoms with E-state index in [4.69, 9.17) is 9.47 Å². The molecule has 3 aliphatic heterocycles. The van der Waals surface area contributed by atoms with Gasteiger partial charge in [0.05, 0.1) is 30.6 Å². The minimum atomic E-state index is -1.14. The maximum atomic E-state index is 14.4. The van der Waals surface area contributed by atoms with Gasteiger partial charge in [-0.25, -0.2) is 0 Å². The number of hydrogen-bond donors (Lipinski definition) is 1. The molecule has 8 nitrogen and oxygen atoms in total. The third-order valence-electron chi connectivity index (χ3n) is 7.81. The van der Waals surface area contributed by atoms with Crippen molar-refractivity contribution in [1.29, 1.82) is 0 Å². The Kier molecular flexibility index (Phi) is 8.19. The largest absolute Gasteiger partial charge is 0.461 e. The van der Waals surface area contributed by atoms with E-state index >= 15 is 0 Å². The van der Waals surface area contributed by atoms with Gasteiger partial charge in [-0.3, -0.25) is 14.4 Å². The zero-order valence-corrected chi connectivity index (χ0v) is 21.8. The molecule has 37 heavy (non-hydrogen) atoms. The van der Waals surface area contributed by atoms with Crippen LogP contribution < -0.4 is 0 Å². The molecule has 2 unspecified atom stereocenters. The number of hydrogen-bond acceptors (Lipinski definition) is 6. The van der Waals surface area contributed by atoms with Crippen LogP contribution in [-0.4, -0.2) is 76.2 Å². The van der Waals surface area contributed by atoms with Gasteiger partial charge >= 0.3 is 5.97 Å². The summed E-state index contributed by atoms with van der Waals surface area (Å²) in [6.45, 7) is 11.8. The van der Waals surface area contributed by atoms with Crippen molar-refractivity contribution in [2.75, 3.05) is 19.8 Å². The Hall–Kier alpha value is -2.97. The molecule has 6 atom stereocenters. The van der Waals surface area contributed by atoms with E-state index in [0.29, 0.717) is 25.8 Å². The number of nitrogens with zero attached hydrogens (tertiary/aromatic N) is 2. The number of aliphatic hydroxyl groups excluding tert-OH is 1. The van der Waals surface area contributed by atoms with E-state index in [2.05, 4.69) is 13.2 Å². The standard InChI is InChI=1S/C29H38N2O6/c1-5-14-30(17-20-10-8-7-9-11-20)27(34)25-29-13-12-22(37-29)23(28(35)36-15-6-2)24(29)26(33)31(25)21(18-32)16-19(3)4/h5-11,19,21-25,32H,1-2,12-18H2,3-4H3/t21-,22+,23-,24+,25?,29?/m1/s1. The van der Waals surface area contributed by atoms with Crippen molar-refractivity contribution < 1.29 is 29.0 Å². The van der Waals surface area contributed by atoms with E-state index in [0.717, 1.165) is 5.56 Å². The predicted molar refractivity (Wildman–Crippen MR) is 138 cm³/mol. The van der Waals surface area contributed by atoms with Crippen molar-refractivity contribution in [1.82, 2.24) is 9.80 Å². The second-order valence-corrected chi connectivity index (χ2v) is 10.7. The van der Waals surface area contributed by atoms with Crippen molar-refractivity contribution in [3.63, 3.8) is 0 Å². The maximum Gasteiger partial charge on any atom is 0.312 e. The van der Waals surface area contributed by atoms with Crippen LogP contribution in [0.3, 0.4) is 0 Å². The number of rotatable bonds is 12. The molecule has 3 fully saturated rings. The van der Waals surface area contributed by atoms with Gasteiger partial charge in [-0.1, -0.05) is 62.9 Å². The van der Waals surface area contributed by atoms with Gasteiger partial charge in [0.15, 0.2) is 0 Å². The first-order valence-electron chi connectivity index (χ1n) is 13.1. The normalized spacial score (nSPS) is 28.8. The fourth-order valence-corrected chi connectivity index (χ4v) is 6.45. The molecule has 0 radical (unpaired) electrons. The summed E-state index contributed by atoms with van der Waals surface area (Å²) in [7, 11) is 0. The van der Waals surface area contributed by atoms with Gasteiger partial charge in [-0.2, -0.15) is 0 Å². The molecular formula is C29H38N2O6. The van der Waals surface area contributed by atoms with Crippen LogP contribution in [0, 0.1) is 17.8 Å². The van der Waals surface area contributed by atoms with Gasteiger partial charge in [0.1, 0.15) is 18.2 Å². The van der Waals surface area contributed by atoms with Crippen molar-refractivity contribution in [3.05, 3.63) is 61.2 Å². The summed E-state index contributed by atoms with van der Waals surface area (Å²) in [5.41, 5.74) is -0.192. The minimum absolute atomic E-state index is 0.0405. The lowest BCUT2D eigenvalue weighted by atomic mass is 9.70. The number of esters is 1. The van der Waals surface area contributed by atoms with Gasteiger partial charge in [0.2, 0.25) is 11.8 Å². The lowest BCUT2D eigenvalue weighted by molar-refractivity contribution is -0.156. The Morgan fingerprint density at radius 2 is 2.00 bits per heavy atom. The van der Waals surface area contributed by atoms with E-state index < -0.39 is 41.6 Å². The second kappa shape index (κ2) is 11.2. The first-order chi connectivity index (χ1) is 17.8. The molecule has 0 saturated carbocycles. The predicted octanol–water partition coefficient (Wildman–Crippen LogP) is 2.71. The van der Waals surface area contributed by atoms with Crippen molar-refractivity contribution in [2.45, 2.75) is 63.4 Å². The highest BCUT2D eigenvalue weighted by molar-refractivity contribution is 5.98. The zero-order chi connectivity index (χ0) is 26.7. The van der Waals surface area contributed by atoms with Gasteiger partial charge in [-0.05, 0) is 30.7 Å². The number of likely N-dealkylation sites (tertiary alicyclic amines) is 1. The Morgan fingerprint density at radius 1 is 1.27 bits per heavy atom. The molecule has 8 heteroatoms. The first-order valence-corrected chi connectivity index (χ1v) is 13.1. The number of aliphatic hydroxyl groups is 1. The Morgan fingerprint density at radius 3 is 2.62 bits per heavy atom. The lowest BCUT2D eigenvalue weighted by Gasteiger charge is -2.39. The Balaban J connectivity index is 1.75. The molecule has 3 saturated heterocycles. The summed E-state index contributed by atoms with van der Waals surface area (Å²) in [6, 6.07) is 8.11. The number of carbonyl (C=O) groups is 3. The van der Waals surface area contributed by atoms with Crippen molar-refractivity contribution in [3.8, 4) is 0 Å². The number of fused-ring (bicyclic) bond motifs is 1. The topological polar surface area (TPSA) is 96.4 Å². The molecular weight excluding hydrogens is 472 g/mol. The van der Waals surface area contributed by atoms with E-state index in [1.807, 2.05) is 44.2 Å². The molecule has 2 amide bonds. The molecule has 4 rings (SSSR count). The summed E-state index contributed by atoms with van der Waals surface area (Å²) in [4.78, 5) is 44.8. The summed E-state index contributed by atoms with van der Waals surface area (Å²) >= 11 is 0. The summed E-state index contributed by atoms with van der Waals surface area (Å²) in [6.07, 6.45) is 4.23. The van der Waals surface area contributed by atoms with Gasteiger partial charge in [0.25, 0.3) is 0 Å². The lowest BCUT2D eigenvalue weighted by Crippen LogP contribution is -2.58. The third kappa shape index (κ3) is 4.84. The summed E-state index contributed by atoms with van der Waals surface area (Å²) in [5, 5.41) is 10.4. The quantitative estimate of drug-likeness (QED) is 0.343.